The lowest BCUT2D eigenvalue weighted by Crippen LogP contribution is -2.45. The van der Waals surface area contributed by atoms with Gasteiger partial charge in [-0.1, -0.05) is 43.2 Å². The van der Waals surface area contributed by atoms with E-state index < -0.39 is 0 Å². The Bertz CT molecular complexity index is 774. The molecule has 0 aliphatic carbocycles. The molecule has 1 unspecified atom stereocenters. The quantitative estimate of drug-likeness (QED) is 0.718. The number of hydrogen-bond acceptors (Lipinski definition) is 4. The fourth-order valence-electron chi connectivity index (χ4n) is 3.79. The topological polar surface area (TPSA) is 49.3 Å². The number of carbonyl (C=O) groups excluding carboxylic acids is 1. The van der Waals surface area contributed by atoms with E-state index in [-0.39, 0.29) is 5.92 Å². The van der Waals surface area contributed by atoms with E-state index in [0.717, 1.165) is 69.1 Å². The van der Waals surface area contributed by atoms with Crippen LogP contribution in [-0.4, -0.2) is 47.0 Å². The van der Waals surface area contributed by atoms with Crippen molar-refractivity contribution in [2.24, 2.45) is 5.92 Å². The summed E-state index contributed by atoms with van der Waals surface area (Å²) in [4.78, 5) is 26.5. The minimum Gasteiger partial charge on any atom is -0.356 e. The maximum absolute atomic E-state index is 13.0. The highest BCUT2D eigenvalue weighted by Crippen LogP contribution is 2.25. The number of benzene rings is 1. The summed E-state index contributed by atoms with van der Waals surface area (Å²) in [6.45, 7) is 9.66. The number of carbonyl (C=O) groups is 1. The molecule has 0 bridgehead atoms. The van der Waals surface area contributed by atoms with Crippen LogP contribution in [-0.2, 0) is 4.79 Å². The third-order valence-corrected chi connectivity index (χ3v) is 5.52. The molecule has 1 saturated heterocycles. The van der Waals surface area contributed by atoms with Gasteiger partial charge in [0.25, 0.3) is 0 Å². The van der Waals surface area contributed by atoms with Crippen molar-refractivity contribution in [1.82, 2.24) is 14.9 Å². The Labute approximate surface area is 168 Å². The van der Waals surface area contributed by atoms with Crippen molar-refractivity contribution in [3.8, 4) is 11.4 Å². The van der Waals surface area contributed by atoms with Crippen molar-refractivity contribution < 1.29 is 4.79 Å². The molecule has 1 aromatic carbocycles. The first-order chi connectivity index (χ1) is 13.6. The summed E-state index contributed by atoms with van der Waals surface area (Å²) in [6.07, 6.45) is 5.99. The van der Waals surface area contributed by atoms with Gasteiger partial charge in [0.15, 0.2) is 5.82 Å². The van der Waals surface area contributed by atoms with Crippen molar-refractivity contribution in [2.45, 2.75) is 46.5 Å². The monoisotopic (exact) mass is 380 g/mol. The Morgan fingerprint density at radius 3 is 2.71 bits per heavy atom. The van der Waals surface area contributed by atoms with Crippen LogP contribution in [0.3, 0.4) is 0 Å². The predicted molar refractivity (Wildman–Crippen MR) is 114 cm³/mol. The zero-order chi connectivity index (χ0) is 19.9. The highest BCUT2D eigenvalue weighted by Gasteiger charge is 2.29. The second-order valence-electron chi connectivity index (χ2n) is 7.66. The Hall–Kier alpha value is -2.43. The van der Waals surface area contributed by atoms with Gasteiger partial charge in [0.1, 0.15) is 5.82 Å². The van der Waals surface area contributed by atoms with Crippen LogP contribution in [0.5, 0.6) is 0 Å². The fraction of sp³-hybridized carbons (Fsp3) is 0.522. The molecule has 1 aromatic heterocycles. The third-order valence-electron chi connectivity index (χ3n) is 5.52. The smallest absolute Gasteiger partial charge is 0.227 e. The molecular formula is C23H32N4O. The molecule has 0 radical (unpaired) electrons. The summed E-state index contributed by atoms with van der Waals surface area (Å²) < 4.78 is 0. The molecule has 0 N–H and O–H groups in total. The maximum atomic E-state index is 13.0. The largest absolute Gasteiger partial charge is 0.356 e. The molecule has 1 aliphatic heterocycles. The van der Waals surface area contributed by atoms with Crippen LogP contribution >= 0.6 is 0 Å². The molecule has 1 aliphatic rings. The van der Waals surface area contributed by atoms with Gasteiger partial charge in [-0.3, -0.25) is 4.79 Å². The van der Waals surface area contributed by atoms with Crippen molar-refractivity contribution >= 4 is 11.7 Å². The molecule has 28 heavy (non-hydrogen) atoms. The van der Waals surface area contributed by atoms with Crippen molar-refractivity contribution in [3.63, 3.8) is 0 Å². The number of aromatic nitrogens is 2. The molecule has 150 valence electrons. The first kappa shape index (κ1) is 20.3. The Balaban J connectivity index is 1.72. The number of amides is 1. The molecule has 5 heteroatoms. The lowest BCUT2D eigenvalue weighted by molar-refractivity contribution is -0.135. The molecule has 0 saturated carbocycles. The van der Waals surface area contributed by atoms with Gasteiger partial charge >= 0.3 is 0 Å². The molecule has 5 nitrogen and oxygen atoms in total. The van der Waals surface area contributed by atoms with E-state index >= 15 is 0 Å². The third kappa shape index (κ3) is 4.89. The molecule has 2 heterocycles. The molecule has 1 fully saturated rings. The highest BCUT2D eigenvalue weighted by molar-refractivity contribution is 5.79. The van der Waals surface area contributed by atoms with Gasteiger partial charge in [-0.15, -0.1) is 0 Å². The summed E-state index contributed by atoms with van der Waals surface area (Å²) in [5.74, 6) is 2.01. The van der Waals surface area contributed by atoms with Crippen molar-refractivity contribution in [1.29, 1.82) is 0 Å². The number of aryl methyl sites for hydroxylation is 1. The van der Waals surface area contributed by atoms with Gasteiger partial charge in [-0.05, 0) is 39.2 Å². The Morgan fingerprint density at radius 2 is 2.00 bits per heavy atom. The second-order valence-corrected chi connectivity index (χ2v) is 7.66. The van der Waals surface area contributed by atoms with E-state index in [1.54, 1.807) is 0 Å². The zero-order valence-electron chi connectivity index (χ0n) is 17.4. The minimum atomic E-state index is 0.0587. The molecule has 1 atom stereocenters. The van der Waals surface area contributed by atoms with E-state index in [1.165, 1.54) is 5.56 Å². The van der Waals surface area contributed by atoms with Gasteiger partial charge in [-0.25, -0.2) is 9.97 Å². The summed E-state index contributed by atoms with van der Waals surface area (Å²) in [5.41, 5.74) is 2.25. The average Bonchev–Trinajstić information content (AvgIpc) is 2.75. The number of anilines is 1. The van der Waals surface area contributed by atoms with Crippen LogP contribution in [0.2, 0.25) is 0 Å². The van der Waals surface area contributed by atoms with Gasteiger partial charge in [0.2, 0.25) is 5.91 Å². The van der Waals surface area contributed by atoms with Gasteiger partial charge < -0.3 is 9.80 Å². The Kier molecular flexibility index (Phi) is 7.01. The van der Waals surface area contributed by atoms with E-state index in [0.29, 0.717) is 5.91 Å². The number of piperidine rings is 1. The van der Waals surface area contributed by atoms with Crippen LogP contribution in [0.1, 0.15) is 45.1 Å². The minimum absolute atomic E-state index is 0.0587. The summed E-state index contributed by atoms with van der Waals surface area (Å²) in [7, 11) is 0. The van der Waals surface area contributed by atoms with E-state index in [1.807, 2.05) is 17.2 Å². The van der Waals surface area contributed by atoms with Crippen LogP contribution in [0.15, 0.2) is 36.5 Å². The molecular weight excluding hydrogens is 348 g/mol. The van der Waals surface area contributed by atoms with Gasteiger partial charge in [0.05, 0.1) is 5.92 Å². The predicted octanol–water partition coefficient (Wildman–Crippen LogP) is 4.32. The van der Waals surface area contributed by atoms with Crippen LogP contribution in [0, 0.1) is 12.8 Å². The van der Waals surface area contributed by atoms with Crippen LogP contribution in [0.4, 0.5) is 5.82 Å². The van der Waals surface area contributed by atoms with E-state index in [2.05, 4.69) is 54.9 Å². The van der Waals surface area contributed by atoms with Crippen LogP contribution in [0.25, 0.3) is 11.4 Å². The number of nitrogens with zero attached hydrogens (tertiary/aromatic N) is 4. The van der Waals surface area contributed by atoms with Gasteiger partial charge in [0, 0.05) is 37.9 Å². The molecule has 2 aromatic rings. The van der Waals surface area contributed by atoms with Crippen molar-refractivity contribution in [3.05, 3.63) is 42.1 Å². The van der Waals surface area contributed by atoms with Gasteiger partial charge in [-0.2, -0.15) is 0 Å². The fourth-order valence-corrected chi connectivity index (χ4v) is 3.79. The second kappa shape index (κ2) is 9.67. The first-order valence-electron chi connectivity index (χ1n) is 10.6. The normalized spacial score (nSPS) is 16.8. The van der Waals surface area contributed by atoms with Crippen LogP contribution < -0.4 is 4.90 Å². The standard InChI is InChI=1S/C23H32N4O/c1-4-6-15-26(5-2)23(28)20-8-7-16-27(17-20)21-13-14-24-22(25-21)19-11-9-18(3)10-12-19/h9-14,20H,4-8,15-17H2,1-3H3. The average molecular weight is 381 g/mol. The Morgan fingerprint density at radius 1 is 1.21 bits per heavy atom. The molecule has 1 amide bonds. The lowest BCUT2D eigenvalue weighted by Gasteiger charge is -2.35. The first-order valence-corrected chi connectivity index (χ1v) is 10.6. The maximum Gasteiger partial charge on any atom is 0.227 e. The number of hydrogen-bond donors (Lipinski definition) is 0. The summed E-state index contributed by atoms with van der Waals surface area (Å²) in [6, 6.07) is 10.2. The highest BCUT2D eigenvalue weighted by atomic mass is 16.2. The van der Waals surface area contributed by atoms with E-state index in [4.69, 9.17) is 4.98 Å². The zero-order valence-corrected chi connectivity index (χ0v) is 17.4. The number of rotatable bonds is 7. The molecule has 0 spiro atoms. The van der Waals surface area contributed by atoms with E-state index in [9.17, 15) is 4.79 Å². The summed E-state index contributed by atoms with van der Waals surface area (Å²) in [5, 5.41) is 0. The lowest BCUT2D eigenvalue weighted by atomic mass is 9.96. The van der Waals surface area contributed by atoms with Crippen molar-refractivity contribution in [2.75, 3.05) is 31.1 Å². The SMILES string of the molecule is CCCCN(CC)C(=O)C1CCCN(c2ccnc(-c3ccc(C)cc3)n2)C1. The summed E-state index contributed by atoms with van der Waals surface area (Å²) >= 11 is 0. The molecule has 3 rings (SSSR count). The number of unbranched alkanes of at least 4 members (excludes halogenated alkanes) is 1.